The summed E-state index contributed by atoms with van der Waals surface area (Å²) < 4.78 is 16.3. The molecule has 2 heterocycles. The van der Waals surface area contributed by atoms with Crippen molar-refractivity contribution in [2.75, 3.05) is 0 Å². The molecule has 2 aromatic carbocycles. The Bertz CT molecular complexity index is 1330. The topological polar surface area (TPSA) is 88.6 Å². The Morgan fingerprint density at radius 3 is 2.67 bits per heavy atom. The van der Waals surface area contributed by atoms with Gasteiger partial charge in [0.25, 0.3) is 5.56 Å². The zero-order valence-electron chi connectivity index (χ0n) is 18.2. The molecule has 0 aliphatic rings. The fourth-order valence-electron chi connectivity index (χ4n) is 3.87. The molecule has 0 fully saturated rings. The molecule has 1 atom stereocenters. The molecule has 0 saturated carbocycles. The number of nitrogens with zero attached hydrogens (tertiary/aromatic N) is 3. The maximum Gasteiger partial charge on any atom is 0.277 e. The van der Waals surface area contributed by atoms with Gasteiger partial charge in [0.05, 0.1) is 12.3 Å². The van der Waals surface area contributed by atoms with Crippen LogP contribution in [0.1, 0.15) is 24.5 Å². The van der Waals surface area contributed by atoms with Gasteiger partial charge in [-0.3, -0.25) is 9.59 Å². The molecule has 8 heteroatoms. The van der Waals surface area contributed by atoms with E-state index in [1.807, 2.05) is 37.3 Å². The van der Waals surface area contributed by atoms with Gasteiger partial charge in [0, 0.05) is 29.6 Å². The largest absolute Gasteiger partial charge is 0.392 e. The lowest BCUT2D eigenvalue weighted by molar-refractivity contribution is -0.122. The molecular weight excluding hydrogens is 423 g/mol. The fourth-order valence-corrected chi connectivity index (χ4v) is 3.87. The number of aryl methyl sites for hydroxylation is 1. The van der Waals surface area contributed by atoms with Crippen LogP contribution in [-0.2, 0) is 24.4 Å². The third-order valence-electron chi connectivity index (χ3n) is 5.55. The number of hydrogen-bond acceptors (Lipinski definition) is 4. The molecule has 1 amide bonds. The number of amides is 1. The summed E-state index contributed by atoms with van der Waals surface area (Å²) in [5.74, 6) is -0.721. The number of carbonyl (C=O) groups is 1. The van der Waals surface area contributed by atoms with E-state index in [0.717, 1.165) is 12.8 Å². The van der Waals surface area contributed by atoms with Crippen LogP contribution in [0, 0.1) is 5.82 Å². The molecule has 2 N–H and O–H groups in total. The second kappa shape index (κ2) is 9.79. The van der Waals surface area contributed by atoms with Gasteiger partial charge in [0.1, 0.15) is 17.9 Å². The van der Waals surface area contributed by atoms with E-state index < -0.39 is 18.0 Å². The highest BCUT2D eigenvalue weighted by Gasteiger charge is 2.19. The third-order valence-corrected chi connectivity index (χ3v) is 5.55. The van der Waals surface area contributed by atoms with Crippen molar-refractivity contribution in [2.24, 2.45) is 0 Å². The highest BCUT2D eigenvalue weighted by atomic mass is 19.1. The highest BCUT2D eigenvalue weighted by Crippen LogP contribution is 2.25. The maximum absolute atomic E-state index is 13.7. The quantitative estimate of drug-likeness (QED) is 0.434. The number of hydrogen-bond donors (Lipinski definition) is 2. The van der Waals surface area contributed by atoms with Crippen LogP contribution in [0.3, 0.4) is 0 Å². The van der Waals surface area contributed by atoms with Gasteiger partial charge >= 0.3 is 0 Å². The zero-order valence-corrected chi connectivity index (χ0v) is 18.2. The lowest BCUT2D eigenvalue weighted by Gasteiger charge is -2.14. The molecule has 4 rings (SSSR count). The van der Waals surface area contributed by atoms with E-state index in [2.05, 4.69) is 10.4 Å². The zero-order chi connectivity index (χ0) is 23.4. The lowest BCUT2D eigenvalue weighted by Crippen LogP contribution is -2.37. The summed E-state index contributed by atoms with van der Waals surface area (Å²) in [5, 5.41) is 17.2. The fraction of sp³-hybridized carbons (Fsp3) is 0.240. The Kier molecular flexibility index (Phi) is 6.65. The first-order chi connectivity index (χ1) is 16.0. The van der Waals surface area contributed by atoms with Gasteiger partial charge in [0.2, 0.25) is 5.91 Å². The molecule has 0 bridgehead atoms. The molecule has 0 aliphatic carbocycles. The van der Waals surface area contributed by atoms with Gasteiger partial charge < -0.3 is 15.0 Å². The van der Waals surface area contributed by atoms with Crippen molar-refractivity contribution in [1.82, 2.24) is 19.5 Å². The van der Waals surface area contributed by atoms with Crippen molar-refractivity contribution in [1.29, 1.82) is 0 Å². The average molecular weight is 448 g/mol. The van der Waals surface area contributed by atoms with Crippen molar-refractivity contribution in [3.8, 4) is 11.3 Å². The maximum atomic E-state index is 13.7. The van der Waals surface area contributed by atoms with E-state index in [0.29, 0.717) is 11.3 Å². The number of aliphatic hydroxyl groups excluding tert-OH is 1. The predicted molar refractivity (Wildman–Crippen MR) is 123 cm³/mol. The van der Waals surface area contributed by atoms with Crippen LogP contribution in [0.15, 0.2) is 71.8 Å². The SMILES string of the molecule is C[C@@H](CCc1ccccc1)NC(=O)Cn1ccn2nc(-c3cccc(F)c3)c(CO)c2c1=O. The molecule has 4 aromatic rings. The Morgan fingerprint density at radius 1 is 1.15 bits per heavy atom. The van der Waals surface area contributed by atoms with Gasteiger partial charge in [-0.1, -0.05) is 42.5 Å². The first-order valence-electron chi connectivity index (χ1n) is 10.8. The average Bonchev–Trinajstić information content (AvgIpc) is 3.20. The van der Waals surface area contributed by atoms with Gasteiger partial charge in [-0.05, 0) is 37.5 Å². The molecule has 0 spiro atoms. The molecule has 0 aliphatic heterocycles. The highest BCUT2D eigenvalue weighted by molar-refractivity contribution is 5.76. The van der Waals surface area contributed by atoms with Crippen LogP contribution < -0.4 is 10.9 Å². The van der Waals surface area contributed by atoms with E-state index in [4.69, 9.17) is 0 Å². The second-order valence-corrected chi connectivity index (χ2v) is 8.01. The minimum Gasteiger partial charge on any atom is -0.392 e. The normalized spacial score (nSPS) is 12.1. The Morgan fingerprint density at radius 2 is 1.94 bits per heavy atom. The van der Waals surface area contributed by atoms with Crippen molar-refractivity contribution in [2.45, 2.75) is 39.0 Å². The molecule has 0 unspecified atom stereocenters. The number of aromatic nitrogens is 3. The molecule has 0 radical (unpaired) electrons. The van der Waals surface area contributed by atoms with E-state index in [1.165, 1.54) is 39.0 Å². The van der Waals surface area contributed by atoms with Gasteiger partial charge in [-0.15, -0.1) is 0 Å². The van der Waals surface area contributed by atoms with Crippen LogP contribution in [0.25, 0.3) is 16.8 Å². The van der Waals surface area contributed by atoms with Crippen molar-refractivity contribution >= 4 is 11.4 Å². The molecule has 2 aromatic heterocycles. The van der Waals surface area contributed by atoms with E-state index >= 15 is 0 Å². The van der Waals surface area contributed by atoms with Gasteiger partial charge in [-0.25, -0.2) is 8.91 Å². The number of benzene rings is 2. The summed E-state index contributed by atoms with van der Waals surface area (Å²) in [4.78, 5) is 25.6. The minimum absolute atomic E-state index is 0.0558. The van der Waals surface area contributed by atoms with Crippen molar-refractivity contribution in [3.63, 3.8) is 0 Å². The van der Waals surface area contributed by atoms with Crippen LogP contribution in [0.2, 0.25) is 0 Å². The molecule has 0 saturated heterocycles. The summed E-state index contributed by atoms with van der Waals surface area (Å²) in [5.41, 5.74) is 1.97. The first-order valence-corrected chi connectivity index (χ1v) is 10.8. The van der Waals surface area contributed by atoms with E-state index in [-0.39, 0.29) is 29.6 Å². The number of halogens is 1. The first kappa shape index (κ1) is 22.4. The van der Waals surface area contributed by atoms with Gasteiger partial charge in [0.15, 0.2) is 0 Å². The van der Waals surface area contributed by atoms with Crippen LogP contribution >= 0.6 is 0 Å². The number of rotatable bonds is 8. The van der Waals surface area contributed by atoms with Crippen molar-refractivity contribution in [3.05, 3.63) is 94.3 Å². The number of aliphatic hydroxyl groups is 1. The summed E-state index contributed by atoms with van der Waals surface area (Å²) in [6.07, 6.45) is 4.64. The number of carbonyl (C=O) groups excluding carboxylic acids is 1. The number of nitrogens with one attached hydrogen (secondary N) is 1. The Balaban J connectivity index is 1.52. The minimum atomic E-state index is -0.455. The monoisotopic (exact) mass is 448 g/mol. The Hall–Kier alpha value is -3.78. The lowest BCUT2D eigenvalue weighted by atomic mass is 10.1. The van der Waals surface area contributed by atoms with Crippen LogP contribution in [0.5, 0.6) is 0 Å². The Labute approximate surface area is 190 Å². The molecule has 7 nitrogen and oxygen atoms in total. The second-order valence-electron chi connectivity index (χ2n) is 8.01. The number of fused-ring (bicyclic) bond motifs is 1. The van der Waals surface area contributed by atoms with Gasteiger partial charge in [-0.2, -0.15) is 5.10 Å². The summed E-state index contributed by atoms with van der Waals surface area (Å²) >= 11 is 0. The summed E-state index contributed by atoms with van der Waals surface area (Å²) in [6, 6.07) is 15.8. The van der Waals surface area contributed by atoms with Crippen molar-refractivity contribution < 1.29 is 14.3 Å². The molecular formula is C25H25FN4O3. The molecule has 170 valence electrons. The van der Waals surface area contributed by atoms with E-state index in [1.54, 1.807) is 12.3 Å². The standard InChI is InChI=1S/C25H25FN4O3/c1-17(10-11-18-6-3-2-4-7-18)27-22(32)15-29-12-13-30-24(25(29)33)21(16-31)23(28-30)19-8-5-9-20(26)14-19/h2-9,12-14,17,31H,10-11,15-16H2,1H3,(H,27,32)/t17-/m0/s1. The van der Waals surface area contributed by atoms with Crippen LogP contribution in [-0.4, -0.2) is 31.2 Å². The third kappa shape index (κ3) is 5.01. The van der Waals surface area contributed by atoms with Crippen LogP contribution in [0.4, 0.5) is 4.39 Å². The van der Waals surface area contributed by atoms with E-state index in [9.17, 15) is 19.1 Å². The molecule has 33 heavy (non-hydrogen) atoms. The predicted octanol–water partition coefficient (Wildman–Crippen LogP) is 2.93. The summed E-state index contributed by atoms with van der Waals surface area (Å²) in [7, 11) is 0. The summed E-state index contributed by atoms with van der Waals surface area (Å²) in [6.45, 7) is 1.33. The smallest absolute Gasteiger partial charge is 0.277 e.